The van der Waals surface area contributed by atoms with Crippen molar-refractivity contribution in [3.05, 3.63) is 65.5 Å². The number of aromatic nitrogens is 1. The zero-order valence-corrected chi connectivity index (χ0v) is 12.7. The summed E-state index contributed by atoms with van der Waals surface area (Å²) < 4.78 is 4.88. The maximum Gasteiger partial charge on any atom is 0.274 e. The van der Waals surface area contributed by atoms with Crippen LogP contribution in [0, 0.1) is 6.92 Å². The van der Waals surface area contributed by atoms with Gasteiger partial charge in [0.2, 0.25) is 0 Å². The van der Waals surface area contributed by atoms with Crippen molar-refractivity contribution >= 4 is 23.0 Å². The molecule has 3 rings (SSSR count). The molecule has 5 nitrogen and oxygen atoms in total. The van der Waals surface area contributed by atoms with Crippen LogP contribution in [0.25, 0.3) is 10.8 Å². The van der Waals surface area contributed by atoms with Crippen molar-refractivity contribution < 1.29 is 14.1 Å². The monoisotopic (exact) mass is 308 g/mol. The molecule has 0 aliphatic rings. The van der Waals surface area contributed by atoms with Gasteiger partial charge in [-0.15, -0.1) is 0 Å². The molecule has 0 radical (unpaired) electrons. The molecule has 1 heterocycles. The Morgan fingerprint density at radius 3 is 2.78 bits per heavy atom. The number of amides is 1. The number of nitrogens with zero attached hydrogens (tertiary/aromatic N) is 1. The fourth-order valence-corrected chi connectivity index (χ4v) is 2.56. The van der Waals surface area contributed by atoms with Crippen LogP contribution in [0.5, 0.6) is 0 Å². The molecule has 0 fully saturated rings. The molecule has 1 aromatic heterocycles. The van der Waals surface area contributed by atoms with Gasteiger partial charge in [0.25, 0.3) is 5.91 Å². The lowest BCUT2D eigenvalue weighted by molar-refractivity contribution is -0.109. The van der Waals surface area contributed by atoms with Gasteiger partial charge in [-0.25, -0.2) is 0 Å². The molecule has 0 aliphatic heterocycles. The molecular weight excluding hydrogens is 292 g/mol. The highest BCUT2D eigenvalue weighted by Gasteiger charge is 2.17. The zero-order chi connectivity index (χ0) is 16.2. The molecule has 0 aliphatic carbocycles. The van der Waals surface area contributed by atoms with E-state index in [9.17, 15) is 9.59 Å². The normalized spacial score (nSPS) is 12.0. The molecule has 0 spiro atoms. The molecule has 5 heteroatoms. The van der Waals surface area contributed by atoms with Crippen molar-refractivity contribution in [3.63, 3.8) is 0 Å². The van der Waals surface area contributed by atoms with Crippen LogP contribution in [0.1, 0.15) is 21.8 Å². The SMILES string of the molecule is Cc1cc(C(=O)NC(C=O)Cc2cccc3ccccc23)no1. The minimum atomic E-state index is -0.620. The van der Waals surface area contributed by atoms with Crippen molar-refractivity contribution in [1.29, 1.82) is 0 Å². The van der Waals surface area contributed by atoms with Crippen molar-refractivity contribution in [1.82, 2.24) is 10.5 Å². The Balaban J connectivity index is 1.79. The van der Waals surface area contributed by atoms with Gasteiger partial charge in [-0.3, -0.25) is 4.79 Å². The predicted octanol–water partition coefficient (Wildman–Crippen LogP) is 2.68. The number of hydrogen-bond acceptors (Lipinski definition) is 4. The summed E-state index contributed by atoms with van der Waals surface area (Å²) in [7, 11) is 0. The molecule has 0 saturated heterocycles. The van der Waals surface area contributed by atoms with Gasteiger partial charge in [0.15, 0.2) is 5.69 Å². The van der Waals surface area contributed by atoms with Crippen LogP contribution in [-0.2, 0) is 11.2 Å². The van der Waals surface area contributed by atoms with Gasteiger partial charge >= 0.3 is 0 Å². The second-order valence-electron chi connectivity index (χ2n) is 5.38. The molecule has 1 unspecified atom stereocenters. The maximum absolute atomic E-state index is 12.1. The number of carbonyl (C=O) groups excluding carboxylic acids is 2. The first-order valence-electron chi connectivity index (χ1n) is 7.33. The standard InChI is InChI=1S/C18H16N2O3/c1-12-9-17(20-23-12)18(22)19-15(11-21)10-14-7-4-6-13-5-2-3-8-16(13)14/h2-9,11,15H,10H2,1H3,(H,19,22). The summed E-state index contributed by atoms with van der Waals surface area (Å²) in [5, 5.41) is 8.52. The molecule has 116 valence electrons. The van der Waals surface area contributed by atoms with E-state index in [1.165, 1.54) is 6.07 Å². The summed E-state index contributed by atoms with van der Waals surface area (Å²) in [6.45, 7) is 1.71. The third-order valence-electron chi connectivity index (χ3n) is 3.66. The Morgan fingerprint density at radius 1 is 1.26 bits per heavy atom. The van der Waals surface area contributed by atoms with Gasteiger partial charge < -0.3 is 14.6 Å². The van der Waals surface area contributed by atoms with Crippen molar-refractivity contribution in [2.75, 3.05) is 0 Å². The van der Waals surface area contributed by atoms with Gasteiger partial charge in [-0.05, 0) is 23.3 Å². The molecule has 0 saturated carbocycles. The minimum Gasteiger partial charge on any atom is -0.361 e. The summed E-state index contributed by atoms with van der Waals surface area (Å²) in [6.07, 6.45) is 1.17. The molecule has 1 N–H and O–H groups in total. The van der Waals surface area contributed by atoms with E-state index in [1.807, 2.05) is 42.5 Å². The second kappa shape index (κ2) is 6.44. The number of benzene rings is 2. The summed E-state index contributed by atoms with van der Waals surface area (Å²) in [5.41, 5.74) is 1.18. The van der Waals surface area contributed by atoms with Gasteiger partial charge in [0.05, 0.1) is 6.04 Å². The van der Waals surface area contributed by atoms with E-state index in [4.69, 9.17) is 4.52 Å². The van der Waals surface area contributed by atoms with Gasteiger partial charge in [0.1, 0.15) is 12.0 Å². The average molecular weight is 308 g/mol. The van der Waals surface area contributed by atoms with Crippen molar-refractivity contribution in [2.24, 2.45) is 0 Å². The van der Waals surface area contributed by atoms with Crippen molar-refractivity contribution in [3.8, 4) is 0 Å². The van der Waals surface area contributed by atoms with Crippen molar-refractivity contribution in [2.45, 2.75) is 19.4 Å². The second-order valence-corrected chi connectivity index (χ2v) is 5.38. The number of nitrogens with one attached hydrogen (secondary N) is 1. The molecule has 1 amide bonds. The highest BCUT2D eigenvalue weighted by molar-refractivity contribution is 5.94. The Morgan fingerprint density at radius 2 is 2.04 bits per heavy atom. The number of fused-ring (bicyclic) bond motifs is 1. The summed E-state index contributed by atoms with van der Waals surface area (Å²) in [6, 6.07) is 14.8. The number of rotatable bonds is 5. The van der Waals surface area contributed by atoms with Crippen LogP contribution < -0.4 is 5.32 Å². The molecule has 3 aromatic rings. The smallest absolute Gasteiger partial charge is 0.274 e. The zero-order valence-electron chi connectivity index (χ0n) is 12.7. The highest BCUT2D eigenvalue weighted by Crippen LogP contribution is 2.19. The lowest BCUT2D eigenvalue weighted by atomic mass is 9.99. The largest absolute Gasteiger partial charge is 0.361 e. The first kappa shape index (κ1) is 15.0. The van der Waals surface area contributed by atoms with E-state index in [-0.39, 0.29) is 5.69 Å². The number of hydrogen-bond donors (Lipinski definition) is 1. The van der Waals surface area contributed by atoms with E-state index in [1.54, 1.807) is 6.92 Å². The Labute approximate surface area is 133 Å². The number of aryl methyl sites for hydroxylation is 1. The first-order chi connectivity index (χ1) is 11.2. The molecule has 2 aromatic carbocycles. The summed E-state index contributed by atoms with van der Waals surface area (Å²) >= 11 is 0. The van der Waals surface area contributed by atoms with E-state index >= 15 is 0 Å². The average Bonchev–Trinajstić information content (AvgIpc) is 3.01. The van der Waals surface area contributed by atoms with Crippen LogP contribution in [0.3, 0.4) is 0 Å². The van der Waals surface area contributed by atoms with E-state index in [0.717, 1.165) is 22.6 Å². The van der Waals surface area contributed by atoms with Crippen LogP contribution >= 0.6 is 0 Å². The molecule has 0 bridgehead atoms. The van der Waals surface area contributed by atoms with E-state index in [2.05, 4.69) is 10.5 Å². The molecule has 23 heavy (non-hydrogen) atoms. The fraction of sp³-hybridized carbons (Fsp3) is 0.167. The third kappa shape index (κ3) is 3.29. The maximum atomic E-state index is 12.1. The summed E-state index contributed by atoms with van der Waals surface area (Å²) in [4.78, 5) is 23.4. The minimum absolute atomic E-state index is 0.173. The van der Waals surface area contributed by atoms with Crippen LogP contribution in [0.2, 0.25) is 0 Å². The topological polar surface area (TPSA) is 72.2 Å². The predicted molar refractivity (Wildman–Crippen MR) is 86.2 cm³/mol. The van der Waals surface area contributed by atoms with Gasteiger partial charge in [0, 0.05) is 12.5 Å². The fourth-order valence-electron chi connectivity index (χ4n) is 2.56. The van der Waals surface area contributed by atoms with E-state index in [0.29, 0.717) is 12.2 Å². The van der Waals surface area contributed by atoms with Crippen LogP contribution in [-0.4, -0.2) is 23.4 Å². The van der Waals surface area contributed by atoms with Crippen LogP contribution in [0.15, 0.2) is 53.1 Å². The third-order valence-corrected chi connectivity index (χ3v) is 3.66. The lowest BCUT2D eigenvalue weighted by Crippen LogP contribution is -2.37. The Kier molecular flexibility index (Phi) is 4.19. The lowest BCUT2D eigenvalue weighted by Gasteiger charge is -2.13. The first-order valence-corrected chi connectivity index (χ1v) is 7.33. The summed E-state index contributed by atoms with van der Waals surface area (Å²) in [5.74, 6) is 0.131. The Hall–Kier alpha value is -2.95. The number of carbonyl (C=O) groups is 2. The number of aldehydes is 1. The Bertz CT molecular complexity index is 849. The van der Waals surface area contributed by atoms with Gasteiger partial charge in [-0.1, -0.05) is 47.6 Å². The highest BCUT2D eigenvalue weighted by atomic mass is 16.5. The van der Waals surface area contributed by atoms with E-state index < -0.39 is 11.9 Å². The molecule has 1 atom stereocenters. The molecular formula is C18H16N2O3. The van der Waals surface area contributed by atoms with Crippen LogP contribution in [0.4, 0.5) is 0 Å². The van der Waals surface area contributed by atoms with Gasteiger partial charge in [-0.2, -0.15) is 0 Å². The quantitative estimate of drug-likeness (QED) is 0.736.